The van der Waals surface area contributed by atoms with Crippen LogP contribution in [0.3, 0.4) is 0 Å². The van der Waals surface area contributed by atoms with E-state index in [0.29, 0.717) is 31.6 Å². The van der Waals surface area contributed by atoms with E-state index in [1.807, 2.05) is 78.6 Å². The van der Waals surface area contributed by atoms with Gasteiger partial charge in [-0.3, -0.25) is 9.59 Å². The summed E-state index contributed by atoms with van der Waals surface area (Å²) in [6.07, 6.45) is 5.13. The molecule has 1 aliphatic carbocycles. The number of nitrogens with two attached hydrogens (primary N) is 1. The van der Waals surface area contributed by atoms with Crippen molar-refractivity contribution < 1.29 is 19.4 Å². The number of amides is 2. The van der Waals surface area contributed by atoms with Crippen molar-refractivity contribution in [3.63, 3.8) is 0 Å². The van der Waals surface area contributed by atoms with Gasteiger partial charge in [-0.2, -0.15) is 0 Å². The Kier molecular flexibility index (Phi) is 11.5. The largest absolute Gasteiger partial charge is 0.497 e. The molecule has 1 unspecified atom stereocenters. The first kappa shape index (κ1) is 31.1. The lowest BCUT2D eigenvalue weighted by Gasteiger charge is -2.42. The van der Waals surface area contributed by atoms with Gasteiger partial charge in [-0.05, 0) is 55.9 Å². The zero-order valence-corrected chi connectivity index (χ0v) is 24.4. The maximum absolute atomic E-state index is 13.7. The zero-order valence-electron chi connectivity index (χ0n) is 24.4. The quantitative estimate of drug-likeness (QED) is 0.307. The molecule has 0 saturated carbocycles. The molecule has 216 valence electrons. The Morgan fingerprint density at radius 3 is 2.38 bits per heavy atom. The Bertz CT molecular complexity index is 1190. The minimum Gasteiger partial charge on any atom is -0.497 e. The van der Waals surface area contributed by atoms with Gasteiger partial charge in [0, 0.05) is 37.7 Å². The maximum atomic E-state index is 13.7. The summed E-state index contributed by atoms with van der Waals surface area (Å²) in [7, 11) is 1.63. The fraction of sp³-hybridized carbons (Fsp3) is 0.455. The van der Waals surface area contributed by atoms with Crippen molar-refractivity contribution in [1.82, 2.24) is 10.2 Å². The zero-order chi connectivity index (χ0) is 29.1. The van der Waals surface area contributed by atoms with Crippen LogP contribution in [0.15, 0.2) is 77.9 Å². The Labute approximate surface area is 239 Å². The van der Waals surface area contributed by atoms with Crippen molar-refractivity contribution in [1.29, 1.82) is 0 Å². The number of nitrogens with zero attached hydrogens (tertiary/aromatic N) is 1. The Morgan fingerprint density at radius 2 is 1.75 bits per heavy atom. The molecule has 40 heavy (non-hydrogen) atoms. The van der Waals surface area contributed by atoms with Gasteiger partial charge in [-0.25, -0.2) is 0 Å². The van der Waals surface area contributed by atoms with Crippen molar-refractivity contribution >= 4 is 11.8 Å². The first-order valence-corrected chi connectivity index (χ1v) is 14.3. The van der Waals surface area contributed by atoms with Crippen LogP contribution in [-0.2, 0) is 22.6 Å². The standard InChI is InChI=1S/C33H45N3O4/c1-5-15-36(16-6-2)31(38)27-17-24(3)20-33(21-27,32(34)39)29(19-25-11-8-7-9-12-25)30(37)23-35-22-26-13-10-14-28(18-26)40-4/h7-14,17-18,20,29-30,35,37H,5-6,15-16,19,21-23H2,1-4H3,(H2,34,39)/t29-,30+,33?/m1/s1. The van der Waals surface area contributed by atoms with Crippen LogP contribution in [0.25, 0.3) is 0 Å². The van der Waals surface area contributed by atoms with Gasteiger partial charge in [0.2, 0.25) is 11.8 Å². The van der Waals surface area contributed by atoms with Gasteiger partial charge in [-0.15, -0.1) is 0 Å². The summed E-state index contributed by atoms with van der Waals surface area (Å²) in [5.41, 5.74) is 8.34. The summed E-state index contributed by atoms with van der Waals surface area (Å²) in [5.74, 6) is -0.384. The smallest absolute Gasteiger partial charge is 0.249 e. The van der Waals surface area contributed by atoms with Gasteiger partial charge in [0.25, 0.3) is 0 Å². The molecule has 2 aromatic carbocycles. The number of primary amides is 1. The van der Waals surface area contributed by atoms with Crippen LogP contribution in [0.5, 0.6) is 5.75 Å². The van der Waals surface area contributed by atoms with Gasteiger partial charge in [0.15, 0.2) is 0 Å². The minimum absolute atomic E-state index is 0.0640. The van der Waals surface area contributed by atoms with Crippen LogP contribution < -0.4 is 15.8 Å². The first-order valence-electron chi connectivity index (χ1n) is 14.3. The Balaban J connectivity index is 1.92. The third-order valence-electron chi connectivity index (χ3n) is 7.62. The number of hydrogen-bond donors (Lipinski definition) is 3. The average molecular weight is 548 g/mol. The van der Waals surface area contributed by atoms with Crippen molar-refractivity contribution in [2.24, 2.45) is 17.1 Å². The molecule has 0 aliphatic heterocycles. The summed E-state index contributed by atoms with van der Waals surface area (Å²) in [6, 6.07) is 17.6. The highest BCUT2D eigenvalue weighted by Crippen LogP contribution is 2.44. The van der Waals surface area contributed by atoms with Crippen molar-refractivity contribution in [2.45, 2.75) is 59.1 Å². The number of methoxy groups -OCH3 is 1. The second-order valence-electron chi connectivity index (χ2n) is 10.8. The summed E-state index contributed by atoms with van der Waals surface area (Å²) in [6.45, 7) is 8.07. The van der Waals surface area contributed by atoms with Crippen LogP contribution in [0, 0.1) is 11.3 Å². The lowest BCUT2D eigenvalue weighted by Crippen LogP contribution is -2.51. The predicted molar refractivity (Wildman–Crippen MR) is 160 cm³/mol. The van der Waals surface area contributed by atoms with Gasteiger partial charge in [-0.1, -0.05) is 74.0 Å². The molecule has 3 rings (SSSR count). The van der Waals surface area contributed by atoms with Gasteiger partial charge < -0.3 is 25.8 Å². The first-order chi connectivity index (χ1) is 19.2. The molecule has 0 radical (unpaired) electrons. The molecule has 1 aliphatic rings. The second-order valence-corrected chi connectivity index (χ2v) is 10.8. The fourth-order valence-electron chi connectivity index (χ4n) is 5.73. The number of aliphatic hydroxyl groups is 1. The molecule has 0 bridgehead atoms. The van der Waals surface area contributed by atoms with Gasteiger partial charge >= 0.3 is 0 Å². The van der Waals surface area contributed by atoms with Crippen molar-refractivity contribution in [3.05, 3.63) is 89.0 Å². The third-order valence-corrected chi connectivity index (χ3v) is 7.62. The van der Waals surface area contributed by atoms with E-state index in [2.05, 4.69) is 19.2 Å². The van der Waals surface area contributed by atoms with E-state index in [0.717, 1.165) is 35.3 Å². The van der Waals surface area contributed by atoms with Crippen molar-refractivity contribution in [2.75, 3.05) is 26.7 Å². The Hall–Kier alpha value is -3.42. The normalized spacial score (nSPS) is 18.3. The number of nitrogens with one attached hydrogen (secondary N) is 1. The molecule has 7 nitrogen and oxygen atoms in total. The van der Waals surface area contributed by atoms with E-state index in [1.54, 1.807) is 7.11 Å². The van der Waals surface area contributed by atoms with E-state index in [4.69, 9.17) is 10.5 Å². The monoisotopic (exact) mass is 547 g/mol. The van der Waals surface area contributed by atoms with E-state index in [1.165, 1.54) is 0 Å². The predicted octanol–water partition coefficient (Wildman–Crippen LogP) is 4.40. The summed E-state index contributed by atoms with van der Waals surface area (Å²) in [4.78, 5) is 28.9. The van der Waals surface area contributed by atoms with Gasteiger partial charge in [0.1, 0.15) is 5.75 Å². The molecule has 4 N–H and O–H groups in total. The van der Waals surface area contributed by atoms with Crippen LogP contribution >= 0.6 is 0 Å². The van der Waals surface area contributed by atoms with E-state index in [9.17, 15) is 14.7 Å². The van der Waals surface area contributed by atoms with Gasteiger partial charge in [0.05, 0.1) is 18.6 Å². The molecule has 0 heterocycles. The van der Waals surface area contributed by atoms with E-state index >= 15 is 0 Å². The number of ether oxygens (including phenoxy) is 1. The van der Waals surface area contributed by atoms with Crippen LogP contribution in [0.1, 0.15) is 51.2 Å². The van der Waals surface area contributed by atoms with Crippen LogP contribution in [0.4, 0.5) is 0 Å². The average Bonchev–Trinajstić information content (AvgIpc) is 2.95. The molecule has 2 amide bonds. The van der Waals surface area contributed by atoms with Crippen LogP contribution in [0.2, 0.25) is 0 Å². The lowest BCUT2D eigenvalue weighted by atomic mass is 9.63. The minimum atomic E-state index is -1.22. The van der Waals surface area contributed by atoms with Crippen molar-refractivity contribution in [3.8, 4) is 5.75 Å². The van der Waals surface area contributed by atoms with Crippen LogP contribution in [-0.4, -0.2) is 54.7 Å². The number of carbonyl (C=O) groups is 2. The second kappa shape index (κ2) is 14.8. The number of rotatable bonds is 15. The lowest BCUT2D eigenvalue weighted by molar-refractivity contribution is -0.132. The summed E-state index contributed by atoms with van der Waals surface area (Å²) in [5, 5.41) is 15.0. The summed E-state index contributed by atoms with van der Waals surface area (Å²) < 4.78 is 5.32. The number of aliphatic hydroxyl groups excluding tert-OH is 1. The van der Waals surface area contributed by atoms with E-state index < -0.39 is 23.3 Å². The molecule has 0 saturated heterocycles. The molecule has 0 fully saturated rings. The number of benzene rings is 2. The highest BCUT2D eigenvalue weighted by atomic mass is 16.5. The molecule has 0 aromatic heterocycles. The molecule has 0 spiro atoms. The highest BCUT2D eigenvalue weighted by molar-refractivity contribution is 5.96. The highest BCUT2D eigenvalue weighted by Gasteiger charge is 2.48. The summed E-state index contributed by atoms with van der Waals surface area (Å²) >= 11 is 0. The topological polar surface area (TPSA) is 105 Å². The number of carbonyl (C=O) groups excluding carboxylic acids is 2. The molecular weight excluding hydrogens is 502 g/mol. The fourth-order valence-corrected chi connectivity index (χ4v) is 5.73. The number of hydrogen-bond acceptors (Lipinski definition) is 5. The number of allylic oxidation sites excluding steroid dienone is 2. The Morgan fingerprint density at radius 1 is 1.07 bits per heavy atom. The molecule has 3 atom stereocenters. The maximum Gasteiger partial charge on any atom is 0.249 e. The molecule has 2 aromatic rings. The third kappa shape index (κ3) is 7.83. The van der Waals surface area contributed by atoms with E-state index in [-0.39, 0.29) is 18.9 Å². The molecule has 7 heteroatoms. The molecular formula is C33H45N3O4. The SMILES string of the molecule is CCCN(CCC)C(=O)C1=CC(C)=CC(C(N)=O)([C@H](Cc2ccccc2)[C@@H](O)CNCc2cccc(OC)c2)C1.